The highest BCUT2D eigenvalue weighted by Crippen LogP contribution is 2.32. The topological polar surface area (TPSA) is 6.48 Å². The van der Waals surface area contributed by atoms with Crippen LogP contribution in [0.3, 0.4) is 0 Å². The van der Waals surface area contributed by atoms with Gasteiger partial charge in [0.05, 0.1) is 5.66 Å². The first-order valence-corrected chi connectivity index (χ1v) is 9.88. The molecule has 0 spiro atoms. The minimum atomic E-state index is 0.106. The fourth-order valence-corrected chi connectivity index (χ4v) is 5.16. The molecule has 0 aromatic carbocycles. The standard InChI is InChI=1S/C15H30N2Si/c1-3-13-18-14-8-15(2,16-9-4-5-10-16)17-11-6-7-12-17/h3H,1,4-14,18H2,2H3. The van der Waals surface area contributed by atoms with Gasteiger partial charge >= 0.3 is 0 Å². The van der Waals surface area contributed by atoms with E-state index in [1.807, 2.05) is 0 Å². The lowest BCUT2D eigenvalue weighted by molar-refractivity contribution is -0.0213. The molecule has 0 saturated carbocycles. The highest BCUT2D eigenvalue weighted by Gasteiger charge is 2.39. The number of nitrogens with zero attached hydrogens (tertiary/aromatic N) is 2. The van der Waals surface area contributed by atoms with Gasteiger partial charge in [0.25, 0.3) is 0 Å². The van der Waals surface area contributed by atoms with Crippen molar-refractivity contribution in [2.45, 2.75) is 56.8 Å². The summed E-state index contributed by atoms with van der Waals surface area (Å²) in [7, 11) is 0.106. The fourth-order valence-electron chi connectivity index (χ4n) is 3.66. The van der Waals surface area contributed by atoms with Crippen molar-refractivity contribution in [3.63, 3.8) is 0 Å². The van der Waals surface area contributed by atoms with Crippen LogP contribution in [0.5, 0.6) is 0 Å². The van der Waals surface area contributed by atoms with Crippen LogP contribution in [0.2, 0.25) is 12.1 Å². The van der Waals surface area contributed by atoms with Crippen LogP contribution < -0.4 is 0 Å². The molecule has 0 aromatic heterocycles. The van der Waals surface area contributed by atoms with Gasteiger partial charge in [-0.25, -0.2) is 0 Å². The second-order valence-corrected chi connectivity index (χ2v) is 8.13. The quantitative estimate of drug-likeness (QED) is 0.397. The second kappa shape index (κ2) is 6.87. The minimum Gasteiger partial charge on any atom is -0.286 e. The van der Waals surface area contributed by atoms with Gasteiger partial charge in [0.2, 0.25) is 0 Å². The Hall–Kier alpha value is -0.123. The maximum Gasteiger partial charge on any atom is 0.0705 e. The van der Waals surface area contributed by atoms with Crippen LogP contribution in [0.4, 0.5) is 0 Å². The third kappa shape index (κ3) is 3.25. The van der Waals surface area contributed by atoms with Crippen LogP contribution in [-0.4, -0.2) is 51.2 Å². The summed E-state index contributed by atoms with van der Waals surface area (Å²) in [6.07, 6.45) is 9.16. The van der Waals surface area contributed by atoms with Gasteiger partial charge in [-0.3, -0.25) is 9.80 Å². The third-order valence-electron chi connectivity index (χ3n) is 4.88. The lowest BCUT2D eigenvalue weighted by atomic mass is 10.1. The Morgan fingerprint density at radius 3 is 2.00 bits per heavy atom. The molecule has 2 heterocycles. The molecule has 0 amide bonds. The molecule has 2 rings (SSSR count). The highest BCUT2D eigenvalue weighted by molar-refractivity contribution is 6.36. The molecule has 3 heteroatoms. The molecule has 2 saturated heterocycles. The van der Waals surface area contributed by atoms with E-state index in [9.17, 15) is 0 Å². The smallest absolute Gasteiger partial charge is 0.0705 e. The lowest BCUT2D eigenvalue weighted by Gasteiger charge is -2.46. The largest absolute Gasteiger partial charge is 0.286 e. The van der Waals surface area contributed by atoms with E-state index in [1.165, 1.54) is 70.4 Å². The van der Waals surface area contributed by atoms with E-state index < -0.39 is 0 Å². The summed E-state index contributed by atoms with van der Waals surface area (Å²) in [6.45, 7) is 11.7. The number of likely N-dealkylation sites (tertiary alicyclic amines) is 2. The maximum absolute atomic E-state index is 3.86. The van der Waals surface area contributed by atoms with E-state index in [4.69, 9.17) is 0 Å². The molecule has 104 valence electrons. The van der Waals surface area contributed by atoms with E-state index in [1.54, 1.807) is 0 Å². The first kappa shape index (κ1) is 14.3. The molecule has 2 nitrogen and oxygen atoms in total. The minimum absolute atomic E-state index is 0.106. The van der Waals surface area contributed by atoms with Crippen LogP contribution in [0.25, 0.3) is 0 Å². The summed E-state index contributed by atoms with van der Waals surface area (Å²) in [5, 5.41) is 0. The molecule has 0 atom stereocenters. The molecule has 18 heavy (non-hydrogen) atoms. The molecular formula is C15H30N2Si. The van der Waals surface area contributed by atoms with Crippen molar-refractivity contribution in [1.82, 2.24) is 9.80 Å². The molecule has 2 aliphatic rings. The van der Waals surface area contributed by atoms with Gasteiger partial charge < -0.3 is 0 Å². The first-order chi connectivity index (χ1) is 8.77. The summed E-state index contributed by atoms with van der Waals surface area (Å²) >= 11 is 0. The predicted octanol–water partition coefficient (Wildman–Crippen LogP) is 2.48. The Morgan fingerprint density at radius 2 is 1.56 bits per heavy atom. The Bertz CT molecular complexity index is 239. The van der Waals surface area contributed by atoms with E-state index in [0.29, 0.717) is 5.66 Å². The molecule has 0 N–H and O–H groups in total. The average Bonchev–Trinajstić information content (AvgIpc) is 3.05. The summed E-state index contributed by atoms with van der Waals surface area (Å²) in [4.78, 5) is 5.56. The monoisotopic (exact) mass is 266 g/mol. The van der Waals surface area contributed by atoms with Crippen molar-refractivity contribution >= 4 is 9.52 Å². The molecule has 0 bridgehead atoms. The number of rotatable bonds is 7. The normalized spacial score (nSPS) is 23.4. The molecule has 2 fully saturated rings. The summed E-state index contributed by atoms with van der Waals surface area (Å²) in [6, 6.07) is 2.80. The van der Waals surface area contributed by atoms with Gasteiger partial charge in [-0.15, -0.1) is 6.58 Å². The number of allylic oxidation sites excluding steroid dienone is 1. The SMILES string of the molecule is C=CC[SiH2]CCC(C)(N1CCCC1)N1CCCC1. The fraction of sp³-hybridized carbons (Fsp3) is 0.867. The van der Waals surface area contributed by atoms with E-state index in [0.717, 1.165) is 0 Å². The first-order valence-electron chi connectivity index (χ1n) is 7.88. The van der Waals surface area contributed by atoms with Crippen LogP contribution in [0.15, 0.2) is 12.7 Å². The Morgan fingerprint density at radius 1 is 1.06 bits per heavy atom. The lowest BCUT2D eigenvalue weighted by Crippen LogP contribution is -2.56. The van der Waals surface area contributed by atoms with E-state index in [2.05, 4.69) is 29.4 Å². The van der Waals surface area contributed by atoms with Crippen LogP contribution in [-0.2, 0) is 0 Å². The predicted molar refractivity (Wildman–Crippen MR) is 83.0 cm³/mol. The van der Waals surface area contributed by atoms with Crippen molar-refractivity contribution in [2.24, 2.45) is 0 Å². The van der Waals surface area contributed by atoms with Crippen molar-refractivity contribution in [2.75, 3.05) is 26.2 Å². The molecule has 0 radical (unpaired) electrons. The van der Waals surface area contributed by atoms with Crippen molar-refractivity contribution in [3.05, 3.63) is 12.7 Å². The number of hydrogen-bond donors (Lipinski definition) is 0. The molecule has 0 unspecified atom stereocenters. The Balaban J connectivity index is 1.94. The van der Waals surface area contributed by atoms with Crippen LogP contribution in [0, 0.1) is 0 Å². The molecular weight excluding hydrogens is 236 g/mol. The molecule has 0 aliphatic carbocycles. The molecule has 2 aliphatic heterocycles. The average molecular weight is 267 g/mol. The zero-order valence-electron chi connectivity index (χ0n) is 12.2. The third-order valence-corrected chi connectivity index (χ3v) is 6.55. The maximum atomic E-state index is 3.86. The van der Waals surface area contributed by atoms with Gasteiger partial charge in [0.15, 0.2) is 0 Å². The van der Waals surface area contributed by atoms with Gasteiger partial charge in [0, 0.05) is 9.52 Å². The Labute approximate surface area is 115 Å². The summed E-state index contributed by atoms with van der Waals surface area (Å²) in [5.74, 6) is 0. The van der Waals surface area contributed by atoms with Crippen molar-refractivity contribution in [1.29, 1.82) is 0 Å². The van der Waals surface area contributed by atoms with E-state index in [-0.39, 0.29) is 9.52 Å². The summed E-state index contributed by atoms with van der Waals surface area (Å²) in [5.41, 5.74) is 0.376. The van der Waals surface area contributed by atoms with Crippen LogP contribution in [0.1, 0.15) is 39.0 Å². The van der Waals surface area contributed by atoms with Gasteiger partial charge in [0.1, 0.15) is 0 Å². The van der Waals surface area contributed by atoms with Gasteiger partial charge in [-0.2, -0.15) is 0 Å². The van der Waals surface area contributed by atoms with E-state index >= 15 is 0 Å². The van der Waals surface area contributed by atoms with Gasteiger partial charge in [-0.1, -0.05) is 12.1 Å². The second-order valence-electron chi connectivity index (χ2n) is 6.14. The van der Waals surface area contributed by atoms with Crippen molar-refractivity contribution < 1.29 is 0 Å². The zero-order valence-corrected chi connectivity index (χ0v) is 13.6. The zero-order chi connectivity index (χ0) is 12.8. The van der Waals surface area contributed by atoms with Gasteiger partial charge in [-0.05, 0) is 71.3 Å². The summed E-state index contributed by atoms with van der Waals surface area (Å²) < 4.78 is 0. The van der Waals surface area contributed by atoms with Crippen LogP contribution >= 0.6 is 0 Å². The molecule has 0 aromatic rings. The Kier molecular flexibility index (Phi) is 5.46. The highest BCUT2D eigenvalue weighted by atomic mass is 28.2. The van der Waals surface area contributed by atoms with Crippen molar-refractivity contribution in [3.8, 4) is 0 Å². The number of hydrogen-bond acceptors (Lipinski definition) is 2.